The monoisotopic (exact) mass is 734 g/mol. The number of aryl methyl sites for hydroxylation is 2. The van der Waals surface area contributed by atoms with Crippen molar-refractivity contribution in [3.05, 3.63) is 166 Å². The highest BCUT2D eigenvalue weighted by atomic mass is 16.5. The summed E-state index contributed by atoms with van der Waals surface area (Å²) < 4.78 is 22.2. The Bertz CT molecular complexity index is 2360. The van der Waals surface area contributed by atoms with Gasteiger partial charge in [-0.15, -0.1) is 0 Å². The Kier molecular flexibility index (Phi) is 11.9. The van der Waals surface area contributed by atoms with E-state index < -0.39 is 23.9 Å². The number of carbonyl (C=O) groups excluding carboxylic acids is 5. The van der Waals surface area contributed by atoms with E-state index in [1.54, 1.807) is 54.6 Å². The molecule has 0 aliphatic rings. The molecular weight excluding hydrogens is 696 g/mol. The van der Waals surface area contributed by atoms with Crippen molar-refractivity contribution in [2.24, 2.45) is 0 Å². The van der Waals surface area contributed by atoms with Gasteiger partial charge in [-0.25, -0.2) is 19.2 Å². The lowest BCUT2D eigenvalue weighted by Crippen LogP contribution is -2.12. The van der Waals surface area contributed by atoms with E-state index in [0.717, 1.165) is 36.8 Å². The van der Waals surface area contributed by atoms with Crippen molar-refractivity contribution < 1.29 is 42.9 Å². The lowest BCUT2D eigenvalue weighted by atomic mass is 10.0. The van der Waals surface area contributed by atoms with Crippen LogP contribution in [0.1, 0.15) is 96.5 Å². The van der Waals surface area contributed by atoms with E-state index in [2.05, 4.69) is 13.8 Å². The molecule has 0 aliphatic heterocycles. The summed E-state index contributed by atoms with van der Waals surface area (Å²) in [6.45, 7) is 5.53. The van der Waals surface area contributed by atoms with Gasteiger partial charge in [0.2, 0.25) is 0 Å². The number of rotatable bonds is 13. The molecule has 276 valence electrons. The first-order chi connectivity index (χ1) is 26.6. The maximum absolute atomic E-state index is 13.1. The van der Waals surface area contributed by atoms with Crippen molar-refractivity contribution in [3.63, 3.8) is 0 Å². The molecule has 6 aromatic carbocycles. The zero-order valence-electron chi connectivity index (χ0n) is 30.6. The lowest BCUT2D eigenvalue weighted by molar-refractivity contribution is 0.0718. The highest BCUT2D eigenvalue weighted by molar-refractivity contribution is 6.03. The van der Waals surface area contributed by atoms with Gasteiger partial charge < -0.3 is 18.9 Å². The van der Waals surface area contributed by atoms with Gasteiger partial charge in [0.25, 0.3) is 0 Å². The maximum Gasteiger partial charge on any atom is 0.343 e. The van der Waals surface area contributed by atoms with E-state index >= 15 is 0 Å². The van der Waals surface area contributed by atoms with Crippen molar-refractivity contribution in [2.75, 3.05) is 0 Å². The molecular formula is C46H38O9. The molecule has 0 spiro atoms. The minimum absolute atomic E-state index is 0.0612. The van der Waals surface area contributed by atoms with Crippen LogP contribution in [-0.2, 0) is 12.8 Å². The number of ether oxygens (including phenoxy) is 4. The molecule has 0 N–H and O–H groups in total. The molecule has 9 heteroatoms. The van der Waals surface area contributed by atoms with Crippen molar-refractivity contribution in [3.8, 4) is 23.0 Å². The fourth-order valence-corrected chi connectivity index (χ4v) is 5.85. The number of ketones is 1. The van der Waals surface area contributed by atoms with Gasteiger partial charge in [-0.1, -0.05) is 57.0 Å². The smallest absolute Gasteiger partial charge is 0.343 e. The van der Waals surface area contributed by atoms with E-state index in [9.17, 15) is 24.0 Å². The molecule has 0 saturated heterocycles. The van der Waals surface area contributed by atoms with Crippen LogP contribution in [-0.4, -0.2) is 29.7 Å². The first-order valence-electron chi connectivity index (χ1n) is 18.0. The molecule has 9 nitrogen and oxygen atoms in total. The third kappa shape index (κ3) is 9.57. The Hall–Kier alpha value is -6.87. The zero-order valence-corrected chi connectivity index (χ0v) is 30.6. The highest BCUT2D eigenvalue weighted by Gasteiger charge is 2.18. The molecule has 0 saturated carbocycles. The quantitative estimate of drug-likeness (QED) is 0.0648. The minimum Gasteiger partial charge on any atom is -0.423 e. The van der Waals surface area contributed by atoms with Gasteiger partial charge in [0.05, 0.1) is 27.8 Å². The Morgan fingerprint density at radius 1 is 0.418 bits per heavy atom. The van der Waals surface area contributed by atoms with E-state index in [-0.39, 0.29) is 45.5 Å². The summed E-state index contributed by atoms with van der Waals surface area (Å²) in [6.07, 6.45) is 3.87. The molecule has 0 bridgehead atoms. The summed E-state index contributed by atoms with van der Waals surface area (Å²) in [5.41, 5.74) is 3.69. The first kappa shape index (κ1) is 37.9. The minimum atomic E-state index is -0.710. The van der Waals surface area contributed by atoms with Crippen LogP contribution >= 0.6 is 0 Å². The summed E-state index contributed by atoms with van der Waals surface area (Å²) in [4.78, 5) is 63.9. The van der Waals surface area contributed by atoms with Gasteiger partial charge >= 0.3 is 23.9 Å². The standard InChI is InChI=1S/C46H38O9/c1-4-6-30-8-12-32(13-9-30)43(48)52-38-21-16-34(17-22-38)45(50)54-40-25-20-36-28-42(41(29(3)47)27-37(36)26-40)55-46(51)35-18-23-39(24-19-35)53-44(49)33-14-10-31(7-5-2)11-15-33/h8-28H,4-7H2,1-3H3. The number of benzene rings is 6. The highest BCUT2D eigenvalue weighted by Crippen LogP contribution is 2.31. The van der Waals surface area contributed by atoms with E-state index in [1.807, 2.05) is 24.3 Å². The molecule has 0 aliphatic carbocycles. The van der Waals surface area contributed by atoms with Crippen LogP contribution in [0.15, 0.2) is 127 Å². The largest absolute Gasteiger partial charge is 0.423 e. The lowest BCUT2D eigenvalue weighted by Gasteiger charge is -2.12. The summed E-state index contributed by atoms with van der Waals surface area (Å²) in [5.74, 6) is -1.88. The SMILES string of the molecule is CCCc1ccc(C(=O)Oc2ccc(C(=O)Oc3ccc4cc(OC(=O)c5ccc(OC(=O)c6ccc(CCC)cc6)cc5)c(C(C)=O)cc4c3)cc2)cc1. The molecule has 0 aromatic heterocycles. The Balaban J connectivity index is 1.08. The average Bonchev–Trinajstić information content (AvgIpc) is 3.19. The number of hydrogen-bond acceptors (Lipinski definition) is 9. The van der Waals surface area contributed by atoms with Crippen molar-refractivity contribution in [2.45, 2.75) is 46.5 Å². The number of fused-ring (bicyclic) bond motifs is 1. The maximum atomic E-state index is 13.1. The fraction of sp³-hybridized carbons (Fsp3) is 0.152. The van der Waals surface area contributed by atoms with Crippen LogP contribution in [0.3, 0.4) is 0 Å². The van der Waals surface area contributed by atoms with E-state index in [1.165, 1.54) is 55.5 Å². The molecule has 55 heavy (non-hydrogen) atoms. The Labute approximate surface area is 318 Å². The second kappa shape index (κ2) is 17.3. The molecule has 6 rings (SSSR count). The normalized spacial score (nSPS) is 10.7. The molecule has 0 unspecified atom stereocenters. The van der Waals surface area contributed by atoms with Crippen LogP contribution < -0.4 is 18.9 Å². The van der Waals surface area contributed by atoms with Gasteiger partial charge in [0, 0.05) is 0 Å². The van der Waals surface area contributed by atoms with Gasteiger partial charge in [-0.2, -0.15) is 0 Å². The van der Waals surface area contributed by atoms with Crippen LogP contribution in [0.25, 0.3) is 10.8 Å². The number of esters is 4. The number of carbonyl (C=O) groups is 5. The summed E-state index contributed by atoms with van der Waals surface area (Å²) in [5, 5.41) is 1.20. The predicted molar refractivity (Wildman–Crippen MR) is 208 cm³/mol. The number of Topliss-reactive ketones (excluding diaryl/α,β-unsaturated/α-hetero) is 1. The molecule has 6 aromatic rings. The third-order valence-electron chi connectivity index (χ3n) is 8.76. The topological polar surface area (TPSA) is 122 Å². The van der Waals surface area contributed by atoms with Crippen LogP contribution in [0.4, 0.5) is 0 Å². The molecule has 0 fully saturated rings. The van der Waals surface area contributed by atoms with Crippen LogP contribution in [0.2, 0.25) is 0 Å². The van der Waals surface area contributed by atoms with Gasteiger partial charge in [0.15, 0.2) is 5.78 Å². The molecule has 0 atom stereocenters. The van der Waals surface area contributed by atoms with E-state index in [4.69, 9.17) is 18.9 Å². The van der Waals surface area contributed by atoms with Gasteiger partial charge in [-0.3, -0.25) is 4.79 Å². The Morgan fingerprint density at radius 2 is 0.800 bits per heavy atom. The van der Waals surface area contributed by atoms with Crippen molar-refractivity contribution >= 4 is 40.4 Å². The fourth-order valence-electron chi connectivity index (χ4n) is 5.85. The van der Waals surface area contributed by atoms with Crippen LogP contribution in [0.5, 0.6) is 23.0 Å². The summed E-state index contributed by atoms with van der Waals surface area (Å²) >= 11 is 0. The number of hydrogen-bond donors (Lipinski definition) is 0. The first-order valence-corrected chi connectivity index (χ1v) is 18.0. The van der Waals surface area contributed by atoms with Crippen LogP contribution in [0, 0.1) is 0 Å². The van der Waals surface area contributed by atoms with Crippen molar-refractivity contribution in [1.29, 1.82) is 0 Å². The average molecular weight is 735 g/mol. The zero-order chi connectivity index (χ0) is 38.9. The Morgan fingerprint density at radius 3 is 1.22 bits per heavy atom. The molecule has 0 heterocycles. The molecule has 0 radical (unpaired) electrons. The van der Waals surface area contributed by atoms with E-state index in [0.29, 0.717) is 21.9 Å². The van der Waals surface area contributed by atoms with Crippen molar-refractivity contribution in [1.82, 2.24) is 0 Å². The van der Waals surface area contributed by atoms with Gasteiger partial charge in [-0.05, 0) is 139 Å². The third-order valence-corrected chi connectivity index (χ3v) is 8.76. The van der Waals surface area contributed by atoms with Gasteiger partial charge in [0.1, 0.15) is 23.0 Å². The molecule has 0 amide bonds. The summed E-state index contributed by atoms with van der Waals surface area (Å²) in [6, 6.07) is 34.4. The second-order valence-corrected chi connectivity index (χ2v) is 12.9. The summed E-state index contributed by atoms with van der Waals surface area (Å²) in [7, 11) is 0. The second-order valence-electron chi connectivity index (χ2n) is 12.9. The predicted octanol–water partition coefficient (Wildman–Crippen LogP) is 9.82.